The number of rotatable bonds is 1. The Morgan fingerprint density at radius 1 is 1.19 bits per heavy atom. The van der Waals surface area contributed by atoms with Crippen molar-refractivity contribution >= 4 is 17.6 Å². The fraction of sp³-hybridized carbons (Fsp3) is 0.467. The molecule has 1 aromatic rings. The molecule has 1 saturated carbocycles. The maximum atomic E-state index is 14.3. The maximum absolute atomic E-state index is 14.3. The average molecular weight is 289 g/mol. The normalized spacial score (nSPS) is 21.1. The number of benzene rings is 1. The van der Waals surface area contributed by atoms with E-state index in [0.717, 1.165) is 37.7 Å². The second-order valence-corrected chi connectivity index (χ2v) is 5.77. The van der Waals surface area contributed by atoms with Gasteiger partial charge in [0.2, 0.25) is 11.9 Å². The van der Waals surface area contributed by atoms with Crippen molar-refractivity contribution in [3.05, 3.63) is 29.6 Å². The molecule has 3 rings (SSSR count). The Kier molecular flexibility index (Phi) is 3.31. The van der Waals surface area contributed by atoms with E-state index in [1.165, 1.54) is 6.07 Å². The van der Waals surface area contributed by atoms with Gasteiger partial charge in [-0.1, -0.05) is 12.5 Å². The minimum Gasteiger partial charge on any atom is -0.369 e. The predicted octanol–water partition coefficient (Wildman–Crippen LogP) is 2.24. The smallest absolute Gasteiger partial charge is 0.220 e. The molecule has 0 atom stereocenters. The number of guanidine groups is 2. The molecule has 0 aromatic heterocycles. The quantitative estimate of drug-likeness (QED) is 0.832. The van der Waals surface area contributed by atoms with Crippen LogP contribution in [0.25, 0.3) is 0 Å². The van der Waals surface area contributed by atoms with Gasteiger partial charge in [0.25, 0.3) is 0 Å². The Labute approximate surface area is 123 Å². The van der Waals surface area contributed by atoms with Gasteiger partial charge in [0.1, 0.15) is 11.5 Å². The molecule has 2 aliphatic rings. The van der Waals surface area contributed by atoms with Crippen LogP contribution >= 0.6 is 0 Å². The van der Waals surface area contributed by atoms with E-state index < -0.39 is 5.66 Å². The molecule has 0 bridgehead atoms. The van der Waals surface area contributed by atoms with Crippen LogP contribution in [-0.4, -0.2) is 17.6 Å². The Morgan fingerprint density at radius 2 is 1.90 bits per heavy atom. The summed E-state index contributed by atoms with van der Waals surface area (Å²) in [6.45, 7) is 1.92. The SMILES string of the molecule is Cc1ccc(F)c(N2C(N)=NC(N)=NC23CCCCC3)c1. The molecule has 0 saturated heterocycles. The van der Waals surface area contributed by atoms with E-state index in [9.17, 15) is 4.39 Å². The van der Waals surface area contributed by atoms with E-state index in [-0.39, 0.29) is 17.7 Å². The standard InChI is InChI=1S/C15H20FN5/c1-10-5-6-11(16)12(9-10)21-14(18)19-13(17)20-15(21)7-3-2-4-8-15/h5-6,9H,2-4,7-8H2,1H3,(H4,17,18,19,20). The van der Waals surface area contributed by atoms with Gasteiger partial charge in [-0.2, -0.15) is 4.99 Å². The summed E-state index contributed by atoms with van der Waals surface area (Å²) in [7, 11) is 0. The van der Waals surface area contributed by atoms with Crippen LogP contribution in [0.4, 0.5) is 10.1 Å². The second kappa shape index (κ2) is 5.02. The summed E-state index contributed by atoms with van der Waals surface area (Å²) < 4.78 is 14.3. The zero-order valence-electron chi connectivity index (χ0n) is 12.1. The van der Waals surface area contributed by atoms with Crippen LogP contribution < -0.4 is 16.4 Å². The molecule has 4 N–H and O–H groups in total. The van der Waals surface area contributed by atoms with Gasteiger partial charge >= 0.3 is 0 Å². The summed E-state index contributed by atoms with van der Waals surface area (Å²) in [6.07, 6.45) is 4.80. The van der Waals surface area contributed by atoms with Crippen molar-refractivity contribution in [2.24, 2.45) is 21.5 Å². The lowest BCUT2D eigenvalue weighted by atomic mass is 9.87. The van der Waals surface area contributed by atoms with Crippen LogP contribution in [0.5, 0.6) is 0 Å². The first kappa shape index (κ1) is 13.9. The first-order valence-corrected chi connectivity index (χ1v) is 7.28. The second-order valence-electron chi connectivity index (χ2n) is 5.77. The molecule has 6 heteroatoms. The lowest BCUT2D eigenvalue weighted by Gasteiger charge is -2.45. The summed E-state index contributed by atoms with van der Waals surface area (Å²) in [5, 5.41) is 0. The van der Waals surface area contributed by atoms with Gasteiger partial charge in [-0.25, -0.2) is 9.38 Å². The molecule has 21 heavy (non-hydrogen) atoms. The minimum absolute atomic E-state index is 0.179. The highest BCUT2D eigenvalue weighted by atomic mass is 19.1. The summed E-state index contributed by atoms with van der Waals surface area (Å²) in [6, 6.07) is 4.97. The molecule has 1 aromatic carbocycles. The Hall–Kier alpha value is -2.11. The van der Waals surface area contributed by atoms with Crippen molar-refractivity contribution in [2.75, 3.05) is 4.90 Å². The number of aryl methyl sites for hydroxylation is 1. The first-order chi connectivity index (χ1) is 10.0. The summed E-state index contributed by atoms with van der Waals surface area (Å²) in [5.41, 5.74) is 12.7. The van der Waals surface area contributed by atoms with Crippen LogP contribution in [0.15, 0.2) is 28.2 Å². The molecular weight excluding hydrogens is 269 g/mol. The molecule has 1 aliphatic heterocycles. The molecular formula is C15H20FN5. The van der Waals surface area contributed by atoms with Crippen LogP contribution in [0.2, 0.25) is 0 Å². The monoisotopic (exact) mass is 289 g/mol. The lowest BCUT2D eigenvalue weighted by Crippen LogP contribution is -2.58. The fourth-order valence-corrected chi connectivity index (χ4v) is 3.26. The van der Waals surface area contributed by atoms with E-state index in [2.05, 4.69) is 9.98 Å². The van der Waals surface area contributed by atoms with E-state index in [0.29, 0.717) is 5.69 Å². The molecule has 1 heterocycles. The summed E-state index contributed by atoms with van der Waals surface area (Å²) in [5.74, 6) is 0.0759. The lowest BCUT2D eigenvalue weighted by molar-refractivity contribution is 0.304. The fourth-order valence-electron chi connectivity index (χ4n) is 3.26. The van der Waals surface area contributed by atoms with Crippen LogP contribution in [0.1, 0.15) is 37.7 Å². The predicted molar refractivity (Wildman–Crippen MR) is 82.7 cm³/mol. The third-order valence-corrected chi connectivity index (χ3v) is 4.19. The van der Waals surface area contributed by atoms with Crippen molar-refractivity contribution in [3.8, 4) is 0 Å². The Bertz CT molecular complexity index is 616. The first-order valence-electron chi connectivity index (χ1n) is 7.28. The van der Waals surface area contributed by atoms with Crippen LogP contribution in [0, 0.1) is 12.7 Å². The number of hydrogen-bond donors (Lipinski definition) is 2. The minimum atomic E-state index is -0.594. The highest BCUT2D eigenvalue weighted by Gasteiger charge is 2.43. The van der Waals surface area contributed by atoms with E-state index in [1.807, 2.05) is 6.92 Å². The molecule has 0 unspecified atom stereocenters. The van der Waals surface area contributed by atoms with Crippen molar-refractivity contribution in [1.82, 2.24) is 0 Å². The zero-order chi connectivity index (χ0) is 15.0. The van der Waals surface area contributed by atoms with E-state index in [1.54, 1.807) is 17.0 Å². The molecule has 1 aliphatic carbocycles. The molecule has 112 valence electrons. The topological polar surface area (TPSA) is 80.0 Å². The van der Waals surface area contributed by atoms with Gasteiger partial charge in [0.15, 0.2) is 0 Å². The van der Waals surface area contributed by atoms with Crippen LogP contribution in [-0.2, 0) is 0 Å². The van der Waals surface area contributed by atoms with Crippen molar-refractivity contribution < 1.29 is 4.39 Å². The van der Waals surface area contributed by atoms with Crippen LogP contribution in [0.3, 0.4) is 0 Å². The van der Waals surface area contributed by atoms with Gasteiger partial charge < -0.3 is 11.5 Å². The van der Waals surface area contributed by atoms with E-state index in [4.69, 9.17) is 11.5 Å². The summed E-state index contributed by atoms with van der Waals surface area (Å²) in [4.78, 5) is 10.3. The number of aliphatic imine (C=N–C) groups is 2. The zero-order valence-corrected chi connectivity index (χ0v) is 12.1. The highest BCUT2D eigenvalue weighted by molar-refractivity contribution is 6.05. The van der Waals surface area contributed by atoms with Gasteiger partial charge in [0.05, 0.1) is 5.69 Å². The third-order valence-electron chi connectivity index (χ3n) is 4.19. The Morgan fingerprint density at radius 3 is 2.62 bits per heavy atom. The van der Waals surface area contributed by atoms with Crippen molar-refractivity contribution in [2.45, 2.75) is 44.7 Å². The largest absolute Gasteiger partial charge is 0.369 e. The van der Waals surface area contributed by atoms with Crippen molar-refractivity contribution in [1.29, 1.82) is 0 Å². The number of hydrogen-bond acceptors (Lipinski definition) is 5. The number of nitrogens with two attached hydrogens (primary N) is 2. The molecule has 5 nitrogen and oxygen atoms in total. The molecule has 1 fully saturated rings. The van der Waals surface area contributed by atoms with Gasteiger partial charge in [-0.3, -0.25) is 4.90 Å². The van der Waals surface area contributed by atoms with E-state index >= 15 is 0 Å². The highest BCUT2D eigenvalue weighted by Crippen LogP contribution is 2.40. The number of halogens is 1. The molecule has 0 radical (unpaired) electrons. The number of nitrogens with zero attached hydrogens (tertiary/aromatic N) is 3. The molecule has 1 spiro atoms. The van der Waals surface area contributed by atoms with Gasteiger partial charge in [0, 0.05) is 0 Å². The number of anilines is 1. The average Bonchev–Trinajstić information content (AvgIpc) is 2.42. The Balaban J connectivity index is 2.13. The van der Waals surface area contributed by atoms with Gasteiger partial charge in [-0.05, 0) is 50.3 Å². The maximum Gasteiger partial charge on any atom is 0.220 e. The molecule has 0 amide bonds. The third kappa shape index (κ3) is 2.34. The van der Waals surface area contributed by atoms with Gasteiger partial charge in [-0.15, -0.1) is 0 Å². The summed E-state index contributed by atoms with van der Waals surface area (Å²) >= 11 is 0. The van der Waals surface area contributed by atoms with Crippen molar-refractivity contribution in [3.63, 3.8) is 0 Å².